The molecule has 146 valence electrons. The number of alkyl halides is 2. The highest BCUT2D eigenvalue weighted by molar-refractivity contribution is 6.33. The topological polar surface area (TPSA) is 89.6 Å². The van der Waals surface area contributed by atoms with Gasteiger partial charge in [-0.1, -0.05) is 35.9 Å². The van der Waals surface area contributed by atoms with Crippen molar-refractivity contribution in [3.8, 4) is 0 Å². The number of fused-ring (bicyclic) bond motifs is 2. The number of halogens is 3. The zero-order chi connectivity index (χ0) is 19.9. The largest absolute Gasteiger partial charge is 0.435 e. The Morgan fingerprint density at radius 2 is 2.07 bits per heavy atom. The molecule has 0 fully saturated rings. The van der Waals surface area contributed by atoms with Crippen LogP contribution >= 0.6 is 11.6 Å². The van der Waals surface area contributed by atoms with E-state index in [0.29, 0.717) is 18.4 Å². The summed E-state index contributed by atoms with van der Waals surface area (Å²) in [6.07, 6.45) is 0.593. The van der Waals surface area contributed by atoms with E-state index >= 15 is 8.78 Å². The lowest BCUT2D eigenvalue weighted by molar-refractivity contribution is -0.179. The normalized spacial score (nSPS) is 25.4. The zero-order valence-corrected chi connectivity index (χ0v) is 15.4. The van der Waals surface area contributed by atoms with E-state index in [1.54, 1.807) is 24.3 Å². The minimum atomic E-state index is -3.55. The van der Waals surface area contributed by atoms with Gasteiger partial charge in [0.25, 0.3) is 11.9 Å². The van der Waals surface area contributed by atoms with E-state index in [4.69, 9.17) is 22.1 Å². The van der Waals surface area contributed by atoms with Crippen LogP contribution in [0.5, 0.6) is 0 Å². The van der Waals surface area contributed by atoms with Crippen LogP contribution in [0.1, 0.15) is 34.5 Å². The molecule has 9 heteroatoms. The Balaban J connectivity index is 1.74. The molecule has 2 atom stereocenters. The standard InChI is InChI=1S/C19H17ClF2N4O2/c20-13-8-4-10-24-14(13)15(27)25-16-19(21,22)18(26-17(23)28-16)9-3-6-11-5-1-2-7-12(11)18/h1-2,4-5,7-8,10,16H,3,6,9H2,(H2,23,26)(H,25,27)/t16?,18-/m1/s1. The van der Waals surface area contributed by atoms with Crippen molar-refractivity contribution in [2.24, 2.45) is 10.7 Å². The van der Waals surface area contributed by atoms with Gasteiger partial charge in [-0.3, -0.25) is 4.79 Å². The van der Waals surface area contributed by atoms with Crippen molar-refractivity contribution in [2.75, 3.05) is 0 Å². The first-order valence-corrected chi connectivity index (χ1v) is 9.12. The highest BCUT2D eigenvalue weighted by Crippen LogP contribution is 2.52. The van der Waals surface area contributed by atoms with Gasteiger partial charge in [0, 0.05) is 6.20 Å². The van der Waals surface area contributed by atoms with Gasteiger partial charge in [0.15, 0.2) is 5.54 Å². The molecule has 3 N–H and O–H groups in total. The van der Waals surface area contributed by atoms with E-state index in [9.17, 15) is 4.79 Å². The van der Waals surface area contributed by atoms with Gasteiger partial charge in [0.2, 0.25) is 6.23 Å². The van der Waals surface area contributed by atoms with Crippen molar-refractivity contribution in [3.63, 3.8) is 0 Å². The van der Waals surface area contributed by atoms with Crippen molar-refractivity contribution < 1.29 is 18.3 Å². The molecule has 1 amide bonds. The number of nitrogens with two attached hydrogens (primary N) is 1. The maximum Gasteiger partial charge on any atom is 0.331 e. The highest BCUT2D eigenvalue weighted by atomic mass is 35.5. The molecule has 6 nitrogen and oxygen atoms in total. The number of amidine groups is 1. The SMILES string of the molecule is NC1=N[C@@]2(CCCc3ccccc32)C(F)(F)C(NC(=O)c2ncccc2Cl)O1. The van der Waals surface area contributed by atoms with Gasteiger partial charge in [-0.25, -0.2) is 9.98 Å². The quantitative estimate of drug-likeness (QED) is 0.802. The molecule has 1 aromatic carbocycles. The Morgan fingerprint density at radius 1 is 1.29 bits per heavy atom. The summed E-state index contributed by atoms with van der Waals surface area (Å²) >= 11 is 5.95. The minimum absolute atomic E-state index is 0.0403. The molecule has 2 heterocycles. The molecule has 1 spiro atoms. The number of rotatable bonds is 2. The summed E-state index contributed by atoms with van der Waals surface area (Å²) < 4.78 is 36.4. The van der Waals surface area contributed by atoms with Crippen molar-refractivity contribution in [3.05, 3.63) is 64.4 Å². The number of carbonyl (C=O) groups is 1. The number of amides is 1. The lowest BCUT2D eigenvalue weighted by Crippen LogP contribution is -2.64. The van der Waals surface area contributed by atoms with Crippen molar-refractivity contribution in [1.82, 2.24) is 10.3 Å². The number of aliphatic imine (C=N–C) groups is 1. The maximum atomic E-state index is 15.7. The molecule has 1 unspecified atom stereocenters. The number of hydrogen-bond donors (Lipinski definition) is 2. The van der Waals surface area contributed by atoms with Gasteiger partial charge in [-0.05, 0) is 42.5 Å². The third-order valence-electron chi connectivity index (χ3n) is 5.10. The average molecular weight is 407 g/mol. The molecule has 4 rings (SSSR count). The van der Waals surface area contributed by atoms with Crippen LogP contribution in [0.2, 0.25) is 5.02 Å². The summed E-state index contributed by atoms with van der Waals surface area (Å²) in [5, 5.41) is 2.22. The molecule has 1 aromatic heterocycles. The van der Waals surface area contributed by atoms with Crippen LogP contribution in [0.4, 0.5) is 8.78 Å². The first-order valence-electron chi connectivity index (χ1n) is 8.75. The third-order valence-corrected chi connectivity index (χ3v) is 5.41. The molecule has 1 aliphatic heterocycles. The molecule has 28 heavy (non-hydrogen) atoms. The first kappa shape index (κ1) is 18.6. The zero-order valence-electron chi connectivity index (χ0n) is 14.7. The average Bonchev–Trinajstić information content (AvgIpc) is 2.67. The van der Waals surface area contributed by atoms with Gasteiger partial charge in [-0.15, -0.1) is 0 Å². The van der Waals surface area contributed by atoms with Crippen molar-refractivity contribution >= 4 is 23.5 Å². The molecule has 0 saturated heterocycles. The molecular weight excluding hydrogens is 390 g/mol. The van der Waals surface area contributed by atoms with Crippen LogP contribution in [-0.4, -0.2) is 29.1 Å². The number of pyridine rings is 1. The molecule has 0 bridgehead atoms. The number of nitrogens with one attached hydrogen (secondary N) is 1. The van der Waals surface area contributed by atoms with E-state index in [2.05, 4.69) is 15.3 Å². The Morgan fingerprint density at radius 3 is 2.86 bits per heavy atom. The molecule has 2 aromatic rings. The lowest BCUT2D eigenvalue weighted by Gasteiger charge is -2.46. The fraction of sp³-hybridized carbons (Fsp3) is 0.316. The fourth-order valence-electron chi connectivity index (χ4n) is 3.83. The number of benzene rings is 1. The van der Waals surface area contributed by atoms with E-state index in [1.807, 2.05) is 0 Å². The Bertz CT molecular complexity index is 968. The molecule has 0 radical (unpaired) electrons. The second-order valence-corrected chi connectivity index (χ2v) is 7.16. The summed E-state index contributed by atoms with van der Waals surface area (Å²) in [5.41, 5.74) is 4.85. The number of nitrogens with zero attached hydrogens (tertiary/aromatic N) is 2. The van der Waals surface area contributed by atoms with Crippen LogP contribution < -0.4 is 11.1 Å². The predicted molar refractivity (Wildman–Crippen MR) is 99.2 cm³/mol. The summed E-state index contributed by atoms with van der Waals surface area (Å²) in [4.78, 5) is 20.4. The van der Waals surface area contributed by atoms with Crippen LogP contribution in [-0.2, 0) is 16.7 Å². The molecule has 2 aliphatic rings. The summed E-state index contributed by atoms with van der Waals surface area (Å²) in [5.74, 6) is -4.44. The van der Waals surface area contributed by atoms with E-state index in [-0.39, 0.29) is 17.1 Å². The van der Waals surface area contributed by atoms with E-state index in [0.717, 1.165) is 5.56 Å². The molecule has 1 aliphatic carbocycles. The van der Waals surface area contributed by atoms with Gasteiger partial charge in [-0.2, -0.15) is 8.78 Å². The third kappa shape index (κ3) is 2.79. The maximum absolute atomic E-state index is 15.7. The number of aromatic nitrogens is 1. The minimum Gasteiger partial charge on any atom is -0.435 e. The van der Waals surface area contributed by atoms with Crippen molar-refractivity contribution in [1.29, 1.82) is 0 Å². The van der Waals surface area contributed by atoms with Gasteiger partial charge in [0.05, 0.1) is 5.02 Å². The number of hydrogen-bond acceptors (Lipinski definition) is 5. The Hall–Kier alpha value is -2.74. The predicted octanol–water partition coefficient (Wildman–Crippen LogP) is 3.00. The number of carbonyl (C=O) groups excluding carboxylic acids is 1. The van der Waals surface area contributed by atoms with Crippen LogP contribution in [0, 0.1) is 0 Å². The Kier molecular flexibility index (Phi) is 4.45. The van der Waals surface area contributed by atoms with Gasteiger partial charge >= 0.3 is 5.92 Å². The highest BCUT2D eigenvalue weighted by Gasteiger charge is 2.65. The fourth-order valence-corrected chi connectivity index (χ4v) is 4.04. The van der Waals surface area contributed by atoms with Crippen LogP contribution in [0.25, 0.3) is 0 Å². The molecule has 0 saturated carbocycles. The second kappa shape index (κ2) is 6.70. The van der Waals surface area contributed by atoms with Crippen molar-refractivity contribution in [2.45, 2.75) is 37.0 Å². The number of aryl methyl sites for hydroxylation is 1. The summed E-state index contributed by atoms with van der Waals surface area (Å²) in [6, 6.07) is 9.48. The monoisotopic (exact) mass is 406 g/mol. The van der Waals surface area contributed by atoms with E-state index < -0.39 is 29.6 Å². The van der Waals surface area contributed by atoms with Gasteiger partial charge < -0.3 is 15.8 Å². The smallest absolute Gasteiger partial charge is 0.331 e. The van der Waals surface area contributed by atoms with E-state index in [1.165, 1.54) is 18.3 Å². The Labute approximate surface area is 164 Å². The first-order chi connectivity index (χ1) is 13.3. The summed E-state index contributed by atoms with van der Waals surface area (Å²) in [7, 11) is 0. The van der Waals surface area contributed by atoms with Crippen LogP contribution in [0.15, 0.2) is 47.6 Å². The number of ether oxygens (including phenoxy) is 1. The van der Waals surface area contributed by atoms with Crippen LogP contribution in [0.3, 0.4) is 0 Å². The van der Waals surface area contributed by atoms with Gasteiger partial charge in [0.1, 0.15) is 5.69 Å². The molecular formula is C19H17ClF2N4O2. The summed E-state index contributed by atoms with van der Waals surface area (Å²) in [6.45, 7) is 0. The lowest BCUT2D eigenvalue weighted by atomic mass is 9.72. The second-order valence-electron chi connectivity index (χ2n) is 6.75.